The van der Waals surface area contributed by atoms with Gasteiger partial charge in [-0.2, -0.15) is 0 Å². The van der Waals surface area contributed by atoms with Gasteiger partial charge in [-0.05, 0) is 31.0 Å². The van der Waals surface area contributed by atoms with E-state index in [-0.39, 0.29) is 11.8 Å². The van der Waals surface area contributed by atoms with Crippen molar-refractivity contribution in [2.75, 3.05) is 37.9 Å². The maximum Gasteiger partial charge on any atom is 0.340 e. The normalized spacial score (nSPS) is 15.6. The van der Waals surface area contributed by atoms with E-state index in [1.54, 1.807) is 19.2 Å². The number of rotatable bonds is 3. The van der Waals surface area contributed by atoms with Crippen LogP contribution in [0.3, 0.4) is 0 Å². The van der Waals surface area contributed by atoms with E-state index >= 15 is 0 Å². The Balaban J connectivity index is 2.17. The molecule has 1 heterocycles. The van der Waals surface area contributed by atoms with Gasteiger partial charge in [0.15, 0.2) is 0 Å². The van der Waals surface area contributed by atoms with Crippen LogP contribution >= 0.6 is 0 Å². The van der Waals surface area contributed by atoms with Gasteiger partial charge in [-0.15, -0.1) is 0 Å². The summed E-state index contributed by atoms with van der Waals surface area (Å²) in [6.07, 6.45) is 1.54. The molecule has 0 unspecified atom stereocenters. The van der Waals surface area contributed by atoms with Crippen LogP contribution in [0.1, 0.15) is 23.2 Å². The number of ether oxygens (including phenoxy) is 1. The molecule has 21 heavy (non-hydrogen) atoms. The van der Waals surface area contributed by atoms with E-state index in [9.17, 15) is 9.59 Å². The van der Waals surface area contributed by atoms with Crippen LogP contribution in [0.15, 0.2) is 18.2 Å². The van der Waals surface area contributed by atoms with Crippen LogP contribution in [0.2, 0.25) is 0 Å². The van der Waals surface area contributed by atoms with Crippen molar-refractivity contribution in [2.24, 2.45) is 5.92 Å². The second-order valence-corrected chi connectivity index (χ2v) is 5.14. The lowest BCUT2D eigenvalue weighted by atomic mass is 9.95. The Morgan fingerprint density at radius 3 is 2.57 bits per heavy atom. The number of carbonyl (C=O) groups is 2. The molecule has 1 saturated heterocycles. The van der Waals surface area contributed by atoms with Crippen molar-refractivity contribution in [3.63, 3.8) is 0 Å². The minimum atomic E-state index is -0.397. The summed E-state index contributed by atoms with van der Waals surface area (Å²) < 4.78 is 4.81. The van der Waals surface area contributed by atoms with Gasteiger partial charge in [0.2, 0.25) is 5.91 Å². The summed E-state index contributed by atoms with van der Waals surface area (Å²) in [6.45, 7) is 1.46. The summed E-state index contributed by atoms with van der Waals surface area (Å²) in [6, 6.07) is 5.24. The smallest absolute Gasteiger partial charge is 0.340 e. The molecule has 1 aliphatic rings. The second-order valence-electron chi connectivity index (χ2n) is 5.14. The zero-order chi connectivity index (χ0) is 15.4. The third-order valence-electron chi connectivity index (χ3n) is 3.88. The van der Waals surface area contributed by atoms with Crippen LogP contribution in [0.25, 0.3) is 0 Å². The average molecular weight is 291 g/mol. The minimum Gasteiger partial charge on any atom is -0.465 e. The zero-order valence-electron chi connectivity index (χ0n) is 12.4. The van der Waals surface area contributed by atoms with E-state index in [2.05, 4.69) is 10.2 Å². The topological polar surface area (TPSA) is 84.7 Å². The highest BCUT2D eigenvalue weighted by Gasteiger charge is 2.26. The van der Waals surface area contributed by atoms with E-state index < -0.39 is 5.97 Å². The number of piperidine rings is 1. The number of anilines is 2. The summed E-state index contributed by atoms with van der Waals surface area (Å²) in [7, 11) is 3.01. The molecule has 1 amide bonds. The van der Waals surface area contributed by atoms with Gasteiger partial charge in [0, 0.05) is 31.7 Å². The molecule has 6 nitrogen and oxygen atoms in total. The van der Waals surface area contributed by atoms with Crippen molar-refractivity contribution < 1.29 is 14.3 Å². The summed E-state index contributed by atoms with van der Waals surface area (Å²) in [5, 5.41) is 2.69. The monoisotopic (exact) mass is 291 g/mol. The summed E-state index contributed by atoms with van der Waals surface area (Å²) >= 11 is 0. The van der Waals surface area contributed by atoms with Crippen LogP contribution < -0.4 is 16.0 Å². The number of esters is 1. The van der Waals surface area contributed by atoms with E-state index in [4.69, 9.17) is 10.5 Å². The first-order chi connectivity index (χ1) is 10.1. The van der Waals surface area contributed by atoms with E-state index in [0.717, 1.165) is 31.6 Å². The first kappa shape index (κ1) is 15.2. The Labute approximate surface area is 124 Å². The molecule has 1 aromatic rings. The number of nitrogens with zero attached hydrogens (tertiary/aromatic N) is 1. The van der Waals surface area contributed by atoms with E-state index in [0.29, 0.717) is 11.3 Å². The van der Waals surface area contributed by atoms with Crippen molar-refractivity contribution in [2.45, 2.75) is 12.8 Å². The molecular weight excluding hydrogens is 270 g/mol. The summed E-state index contributed by atoms with van der Waals surface area (Å²) in [5.74, 6) is -0.271. The van der Waals surface area contributed by atoms with Gasteiger partial charge in [0.05, 0.1) is 18.4 Å². The molecule has 0 aliphatic carbocycles. The third kappa shape index (κ3) is 3.26. The molecule has 1 aliphatic heterocycles. The molecule has 0 saturated carbocycles. The number of hydrogen-bond acceptors (Lipinski definition) is 5. The third-order valence-corrected chi connectivity index (χ3v) is 3.88. The Bertz CT molecular complexity index is 537. The molecule has 6 heteroatoms. The van der Waals surface area contributed by atoms with Crippen LogP contribution in [0.4, 0.5) is 11.4 Å². The standard InChI is InChI=1S/C15H21N3O3/c1-17-14(19)10-5-7-18(8-6-10)13-4-3-11(16)9-12(13)15(20)21-2/h3-4,9-10H,5-8,16H2,1-2H3,(H,17,19). The predicted octanol–water partition coefficient (Wildman–Crippen LogP) is 1.02. The van der Waals surface area contributed by atoms with Crippen molar-refractivity contribution in [1.82, 2.24) is 5.32 Å². The first-order valence-corrected chi connectivity index (χ1v) is 7.01. The fourth-order valence-corrected chi connectivity index (χ4v) is 2.69. The molecule has 2 rings (SSSR count). The molecule has 114 valence electrons. The van der Waals surface area contributed by atoms with Gasteiger partial charge in [0.25, 0.3) is 0 Å². The fraction of sp³-hybridized carbons (Fsp3) is 0.467. The van der Waals surface area contributed by atoms with Gasteiger partial charge in [-0.3, -0.25) is 4.79 Å². The van der Waals surface area contributed by atoms with E-state index in [1.165, 1.54) is 7.11 Å². The number of nitrogens with two attached hydrogens (primary N) is 1. The molecule has 0 atom stereocenters. The van der Waals surface area contributed by atoms with Crippen molar-refractivity contribution in [1.29, 1.82) is 0 Å². The number of amides is 1. The zero-order valence-corrected chi connectivity index (χ0v) is 12.4. The van der Waals surface area contributed by atoms with Crippen LogP contribution in [-0.2, 0) is 9.53 Å². The maximum absolute atomic E-state index is 11.9. The lowest BCUT2D eigenvalue weighted by Crippen LogP contribution is -2.40. The molecule has 0 aromatic heterocycles. The van der Waals surface area contributed by atoms with Crippen molar-refractivity contribution in [3.8, 4) is 0 Å². The molecular formula is C15H21N3O3. The average Bonchev–Trinajstić information content (AvgIpc) is 2.53. The number of benzene rings is 1. The number of nitrogens with one attached hydrogen (secondary N) is 1. The Morgan fingerprint density at radius 2 is 2.00 bits per heavy atom. The van der Waals surface area contributed by atoms with Crippen molar-refractivity contribution >= 4 is 23.3 Å². The largest absolute Gasteiger partial charge is 0.465 e. The predicted molar refractivity (Wildman–Crippen MR) is 81.2 cm³/mol. The van der Waals surface area contributed by atoms with Crippen LogP contribution in [0.5, 0.6) is 0 Å². The van der Waals surface area contributed by atoms with Gasteiger partial charge >= 0.3 is 5.97 Å². The Kier molecular flexibility index (Phi) is 4.67. The SMILES string of the molecule is CNC(=O)C1CCN(c2ccc(N)cc2C(=O)OC)CC1. The Morgan fingerprint density at radius 1 is 1.33 bits per heavy atom. The number of hydrogen-bond donors (Lipinski definition) is 2. The van der Waals surface area contributed by atoms with Gasteiger partial charge in [-0.25, -0.2) is 4.79 Å². The lowest BCUT2D eigenvalue weighted by molar-refractivity contribution is -0.125. The molecule has 1 aromatic carbocycles. The molecule has 0 bridgehead atoms. The summed E-state index contributed by atoms with van der Waals surface area (Å²) in [4.78, 5) is 25.6. The van der Waals surface area contributed by atoms with Gasteiger partial charge in [0.1, 0.15) is 0 Å². The van der Waals surface area contributed by atoms with Gasteiger partial charge < -0.3 is 20.7 Å². The van der Waals surface area contributed by atoms with Gasteiger partial charge in [-0.1, -0.05) is 0 Å². The fourth-order valence-electron chi connectivity index (χ4n) is 2.69. The molecule has 0 radical (unpaired) electrons. The number of nitrogen functional groups attached to an aromatic ring is 1. The Hall–Kier alpha value is -2.24. The molecule has 1 fully saturated rings. The first-order valence-electron chi connectivity index (χ1n) is 7.01. The highest BCUT2D eigenvalue weighted by Crippen LogP contribution is 2.28. The minimum absolute atomic E-state index is 0.0432. The number of methoxy groups -OCH3 is 1. The van der Waals surface area contributed by atoms with E-state index in [1.807, 2.05) is 6.07 Å². The lowest BCUT2D eigenvalue weighted by Gasteiger charge is -2.33. The number of carbonyl (C=O) groups excluding carboxylic acids is 2. The molecule has 3 N–H and O–H groups in total. The maximum atomic E-state index is 11.9. The van der Waals surface area contributed by atoms with Crippen LogP contribution in [-0.4, -0.2) is 39.1 Å². The highest BCUT2D eigenvalue weighted by atomic mass is 16.5. The molecule has 0 spiro atoms. The highest BCUT2D eigenvalue weighted by molar-refractivity contribution is 5.97. The second kappa shape index (κ2) is 6.47. The summed E-state index contributed by atoms with van der Waals surface area (Å²) in [5.41, 5.74) is 7.56. The van der Waals surface area contributed by atoms with Crippen molar-refractivity contribution in [3.05, 3.63) is 23.8 Å². The quantitative estimate of drug-likeness (QED) is 0.641. The van der Waals surface area contributed by atoms with Crippen LogP contribution in [0, 0.1) is 5.92 Å².